The molecule has 3 atom stereocenters. The summed E-state index contributed by atoms with van der Waals surface area (Å²) < 4.78 is 0. The average molecular weight is 250 g/mol. The molecule has 0 radical (unpaired) electrons. The molecule has 0 aromatic rings. The molecule has 2 heteroatoms. The SMILES string of the molecule is CCC1CNC(C)(C2CC2)CN1CC1CC1(C)C. The van der Waals surface area contributed by atoms with Gasteiger partial charge in [0.25, 0.3) is 0 Å². The van der Waals surface area contributed by atoms with Crippen molar-refractivity contribution < 1.29 is 0 Å². The highest BCUT2D eigenvalue weighted by Gasteiger charge is 2.50. The maximum Gasteiger partial charge on any atom is 0.0309 e. The molecule has 0 aromatic carbocycles. The first-order chi connectivity index (χ1) is 8.44. The van der Waals surface area contributed by atoms with Crippen LogP contribution in [0.1, 0.15) is 53.4 Å². The summed E-state index contributed by atoms with van der Waals surface area (Å²) in [5.41, 5.74) is 1.03. The molecule has 3 aliphatic rings. The van der Waals surface area contributed by atoms with Gasteiger partial charge in [0.05, 0.1) is 0 Å². The lowest BCUT2D eigenvalue weighted by Gasteiger charge is -2.47. The van der Waals surface area contributed by atoms with E-state index in [0.29, 0.717) is 11.0 Å². The van der Waals surface area contributed by atoms with Crippen LogP contribution in [0.25, 0.3) is 0 Å². The topological polar surface area (TPSA) is 15.3 Å². The Morgan fingerprint density at radius 2 is 1.89 bits per heavy atom. The van der Waals surface area contributed by atoms with E-state index < -0.39 is 0 Å². The Bertz CT molecular complexity index is 321. The number of hydrogen-bond acceptors (Lipinski definition) is 2. The molecular formula is C16H30N2. The maximum absolute atomic E-state index is 3.86. The van der Waals surface area contributed by atoms with Gasteiger partial charge in [0.2, 0.25) is 0 Å². The number of nitrogens with zero attached hydrogens (tertiary/aromatic N) is 1. The summed E-state index contributed by atoms with van der Waals surface area (Å²) in [5.74, 6) is 1.90. The minimum absolute atomic E-state index is 0.407. The molecule has 1 N–H and O–H groups in total. The first-order valence-electron chi connectivity index (χ1n) is 7.94. The molecule has 1 saturated heterocycles. The fraction of sp³-hybridized carbons (Fsp3) is 1.00. The van der Waals surface area contributed by atoms with Gasteiger partial charge < -0.3 is 5.32 Å². The van der Waals surface area contributed by atoms with Gasteiger partial charge in [0.15, 0.2) is 0 Å². The Morgan fingerprint density at radius 1 is 1.22 bits per heavy atom. The van der Waals surface area contributed by atoms with Crippen LogP contribution in [0, 0.1) is 17.3 Å². The lowest BCUT2D eigenvalue weighted by atomic mass is 9.90. The standard InChI is InChI=1S/C16H30N2/c1-5-14-9-17-16(4,12-6-7-12)11-18(14)10-13-8-15(13,2)3/h12-14,17H,5-11H2,1-4H3. The molecule has 0 aromatic heterocycles. The Hall–Kier alpha value is -0.0800. The normalized spacial score (nSPS) is 44.0. The third-order valence-corrected chi connectivity index (χ3v) is 5.91. The Labute approximate surface area is 113 Å². The molecule has 104 valence electrons. The van der Waals surface area contributed by atoms with Crippen molar-refractivity contribution in [3.8, 4) is 0 Å². The average Bonchev–Trinajstić information content (AvgIpc) is 3.18. The van der Waals surface area contributed by atoms with Crippen LogP contribution < -0.4 is 5.32 Å². The summed E-state index contributed by atoms with van der Waals surface area (Å²) in [7, 11) is 0. The van der Waals surface area contributed by atoms with Crippen molar-refractivity contribution in [2.24, 2.45) is 17.3 Å². The zero-order chi connectivity index (χ0) is 13.0. The minimum atomic E-state index is 0.407. The van der Waals surface area contributed by atoms with Crippen molar-refractivity contribution in [2.45, 2.75) is 65.0 Å². The highest BCUT2D eigenvalue weighted by atomic mass is 15.3. The fourth-order valence-corrected chi connectivity index (χ4v) is 3.87. The number of rotatable bonds is 4. The molecule has 0 amide bonds. The molecule has 3 fully saturated rings. The third kappa shape index (κ3) is 2.34. The van der Waals surface area contributed by atoms with Crippen molar-refractivity contribution in [3.05, 3.63) is 0 Å². The molecule has 0 bridgehead atoms. The van der Waals surface area contributed by atoms with Gasteiger partial charge in [0, 0.05) is 31.2 Å². The van der Waals surface area contributed by atoms with Gasteiger partial charge in [0.1, 0.15) is 0 Å². The Balaban J connectivity index is 1.64. The van der Waals surface area contributed by atoms with Crippen LogP contribution in [0.4, 0.5) is 0 Å². The highest BCUT2D eigenvalue weighted by molar-refractivity contribution is 5.06. The van der Waals surface area contributed by atoms with Gasteiger partial charge in [-0.25, -0.2) is 0 Å². The lowest BCUT2D eigenvalue weighted by molar-refractivity contribution is 0.0661. The van der Waals surface area contributed by atoms with Crippen LogP contribution in [-0.4, -0.2) is 36.1 Å². The number of hydrogen-bond donors (Lipinski definition) is 1. The molecule has 3 unspecified atom stereocenters. The summed E-state index contributed by atoms with van der Waals surface area (Å²) in [6.45, 7) is 13.5. The Morgan fingerprint density at radius 3 is 2.39 bits per heavy atom. The molecule has 2 aliphatic carbocycles. The molecule has 1 heterocycles. The van der Waals surface area contributed by atoms with Crippen molar-refractivity contribution in [1.29, 1.82) is 0 Å². The second-order valence-electron chi connectivity index (χ2n) is 7.95. The van der Waals surface area contributed by atoms with Crippen molar-refractivity contribution in [1.82, 2.24) is 10.2 Å². The van der Waals surface area contributed by atoms with E-state index in [9.17, 15) is 0 Å². The first-order valence-corrected chi connectivity index (χ1v) is 7.94. The quantitative estimate of drug-likeness (QED) is 0.825. The maximum atomic E-state index is 3.86. The molecule has 1 aliphatic heterocycles. The van der Waals surface area contributed by atoms with Crippen LogP contribution in [0.3, 0.4) is 0 Å². The van der Waals surface area contributed by atoms with E-state index in [1.807, 2.05) is 0 Å². The van der Waals surface area contributed by atoms with E-state index in [4.69, 9.17) is 0 Å². The zero-order valence-electron chi connectivity index (χ0n) is 12.6. The minimum Gasteiger partial charge on any atom is -0.308 e. The van der Waals surface area contributed by atoms with Crippen LogP contribution >= 0.6 is 0 Å². The van der Waals surface area contributed by atoms with Gasteiger partial charge in [-0.3, -0.25) is 4.90 Å². The number of piperazine rings is 1. The van der Waals surface area contributed by atoms with Gasteiger partial charge in [-0.15, -0.1) is 0 Å². The van der Waals surface area contributed by atoms with E-state index >= 15 is 0 Å². The molecular weight excluding hydrogens is 220 g/mol. The van der Waals surface area contributed by atoms with E-state index in [1.165, 1.54) is 45.3 Å². The summed E-state index contributed by atoms with van der Waals surface area (Å²) in [4.78, 5) is 2.81. The highest BCUT2D eigenvalue weighted by Crippen LogP contribution is 2.52. The predicted octanol–water partition coefficient (Wildman–Crippen LogP) is 2.89. The van der Waals surface area contributed by atoms with Crippen LogP contribution in [0.5, 0.6) is 0 Å². The summed E-state index contributed by atoms with van der Waals surface area (Å²) in [6, 6.07) is 0.772. The smallest absolute Gasteiger partial charge is 0.0309 e. The van der Waals surface area contributed by atoms with E-state index in [2.05, 4.69) is 37.9 Å². The molecule has 2 nitrogen and oxygen atoms in total. The monoisotopic (exact) mass is 250 g/mol. The summed E-state index contributed by atoms with van der Waals surface area (Å²) in [5, 5.41) is 3.86. The van der Waals surface area contributed by atoms with Crippen LogP contribution in [0.15, 0.2) is 0 Å². The second kappa shape index (κ2) is 4.21. The summed E-state index contributed by atoms with van der Waals surface area (Å²) >= 11 is 0. The van der Waals surface area contributed by atoms with E-state index in [0.717, 1.165) is 17.9 Å². The fourth-order valence-electron chi connectivity index (χ4n) is 3.87. The van der Waals surface area contributed by atoms with Crippen LogP contribution in [0.2, 0.25) is 0 Å². The van der Waals surface area contributed by atoms with Crippen LogP contribution in [-0.2, 0) is 0 Å². The first kappa shape index (κ1) is 12.9. The largest absolute Gasteiger partial charge is 0.308 e. The van der Waals surface area contributed by atoms with E-state index in [1.54, 1.807) is 0 Å². The van der Waals surface area contributed by atoms with Gasteiger partial charge in [-0.2, -0.15) is 0 Å². The number of nitrogens with one attached hydrogen (secondary N) is 1. The summed E-state index contributed by atoms with van der Waals surface area (Å²) in [6.07, 6.45) is 5.63. The Kier molecular flexibility index (Phi) is 3.02. The molecule has 2 saturated carbocycles. The van der Waals surface area contributed by atoms with Gasteiger partial charge in [-0.05, 0) is 49.9 Å². The van der Waals surface area contributed by atoms with Gasteiger partial charge in [-0.1, -0.05) is 20.8 Å². The van der Waals surface area contributed by atoms with Crippen molar-refractivity contribution >= 4 is 0 Å². The van der Waals surface area contributed by atoms with Crippen molar-refractivity contribution in [3.63, 3.8) is 0 Å². The van der Waals surface area contributed by atoms with E-state index in [-0.39, 0.29) is 0 Å². The second-order valence-corrected chi connectivity index (χ2v) is 7.95. The molecule has 3 rings (SSSR count). The zero-order valence-corrected chi connectivity index (χ0v) is 12.6. The molecule has 18 heavy (non-hydrogen) atoms. The van der Waals surface area contributed by atoms with Gasteiger partial charge >= 0.3 is 0 Å². The van der Waals surface area contributed by atoms with Crippen molar-refractivity contribution in [2.75, 3.05) is 19.6 Å². The predicted molar refractivity (Wildman–Crippen MR) is 76.7 cm³/mol. The third-order valence-electron chi connectivity index (χ3n) is 5.91. The lowest BCUT2D eigenvalue weighted by Crippen LogP contribution is -2.64. The molecule has 0 spiro atoms.